The van der Waals surface area contributed by atoms with E-state index < -0.39 is 27.8 Å². The molecule has 26 heavy (non-hydrogen) atoms. The maximum Gasteiger partial charge on any atom is 0.308 e. The number of amides is 2. The summed E-state index contributed by atoms with van der Waals surface area (Å²) >= 11 is 0. The molecule has 2 aromatic rings. The first kappa shape index (κ1) is 19.1. The van der Waals surface area contributed by atoms with Gasteiger partial charge in [-0.2, -0.15) is 0 Å². The molecule has 2 amide bonds. The van der Waals surface area contributed by atoms with E-state index in [9.17, 15) is 22.8 Å². The number of ether oxygens (including phenoxy) is 1. The van der Waals surface area contributed by atoms with Crippen LogP contribution in [0, 0.1) is 0 Å². The number of esters is 1. The van der Waals surface area contributed by atoms with Gasteiger partial charge in [0.2, 0.25) is 5.91 Å². The van der Waals surface area contributed by atoms with Crippen molar-refractivity contribution in [3.05, 3.63) is 54.1 Å². The summed E-state index contributed by atoms with van der Waals surface area (Å²) < 4.78 is 30.6. The van der Waals surface area contributed by atoms with Crippen molar-refractivity contribution in [3.63, 3.8) is 0 Å². The molecule has 2 N–H and O–H groups in total. The standard InChI is InChI=1S/C17H16N2O6S/c1-11(20)19-26(23,24)14-9-7-13(8-10-14)18-17(22)15-5-3-4-6-16(15)25-12(2)21/h3-10H,1-2H3,(H,18,22)(H,19,20). The van der Waals surface area contributed by atoms with Gasteiger partial charge in [-0.15, -0.1) is 0 Å². The Kier molecular flexibility index (Phi) is 5.73. The van der Waals surface area contributed by atoms with Gasteiger partial charge in [-0.3, -0.25) is 14.4 Å². The summed E-state index contributed by atoms with van der Waals surface area (Å²) in [5.41, 5.74) is 0.479. The van der Waals surface area contributed by atoms with Gasteiger partial charge >= 0.3 is 5.97 Å². The van der Waals surface area contributed by atoms with Crippen LogP contribution < -0.4 is 14.8 Å². The fraction of sp³-hybridized carbons (Fsp3) is 0.118. The zero-order valence-corrected chi connectivity index (χ0v) is 14.8. The molecule has 0 heterocycles. The number of anilines is 1. The van der Waals surface area contributed by atoms with Crippen LogP contribution in [0.2, 0.25) is 0 Å². The van der Waals surface area contributed by atoms with E-state index in [2.05, 4.69) is 5.32 Å². The van der Waals surface area contributed by atoms with Gasteiger partial charge in [0.15, 0.2) is 0 Å². The second kappa shape index (κ2) is 7.79. The molecule has 0 radical (unpaired) electrons. The molecule has 0 saturated carbocycles. The Hall–Kier alpha value is -3.20. The second-order valence-corrected chi connectivity index (χ2v) is 6.91. The highest BCUT2D eigenvalue weighted by Gasteiger charge is 2.17. The lowest BCUT2D eigenvalue weighted by molar-refractivity contribution is -0.131. The van der Waals surface area contributed by atoms with Crippen molar-refractivity contribution in [2.24, 2.45) is 0 Å². The lowest BCUT2D eigenvalue weighted by Gasteiger charge is -2.10. The Bertz CT molecular complexity index is 951. The minimum Gasteiger partial charge on any atom is -0.426 e. The summed E-state index contributed by atoms with van der Waals surface area (Å²) in [6.45, 7) is 2.32. The number of sulfonamides is 1. The first-order chi connectivity index (χ1) is 12.2. The summed E-state index contributed by atoms with van der Waals surface area (Å²) in [5, 5.41) is 2.58. The Morgan fingerprint density at radius 2 is 1.54 bits per heavy atom. The minimum atomic E-state index is -3.95. The number of benzene rings is 2. The number of hydrogen-bond donors (Lipinski definition) is 2. The van der Waals surface area contributed by atoms with E-state index in [0.717, 1.165) is 6.92 Å². The van der Waals surface area contributed by atoms with Crippen LogP contribution in [-0.4, -0.2) is 26.2 Å². The van der Waals surface area contributed by atoms with Gasteiger partial charge in [-0.25, -0.2) is 13.1 Å². The summed E-state index contributed by atoms with van der Waals surface area (Å²) in [6, 6.07) is 11.5. The van der Waals surface area contributed by atoms with Gasteiger partial charge in [-0.1, -0.05) is 12.1 Å². The first-order valence-corrected chi connectivity index (χ1v) is 8.89. The summed E-state index contributed by atoms with van der Waals surface area (Å²) in [4.78, 5) is 34.3. The molecular weight excluding hydrogens is 360 g/mol. The van der Waals surface area contributed by atoms with Crippen molar-refractivity contribution in [1.29, 1.82) is 0 Å². The third kappa shape index (κ3) is 4.90. The van der Waals surface area contributed by atoms with Crippen molar-refractivity contribution in [1.82, 2.24) is 4.72 Å². The van der Waals surface area contributed by atoms with Gasteiger partial charge in [0.05, 0.1) is 10.5 Å². The zero-order valence-electron chi connectivity index (χ0n) is 14.0. The Morgan fingerprint density at radius 3 is 2.12 bits per heavy atom. The molecule has 9 heteroatoms. The van der Waals surface area contributed by atoms with Gasteiger partial charge in [0.1, 0.15) is 5.75 Å². The van der Waals surface area contributed by atoms with Crippen LogP contribution in [0.4, 0.5) is 5.69 Å². The van der Waals surface area contributed by atoms with E-state index in [1.807, 2.05) is 4.72 Å². The molecule has 0 aliphatic rings. The fourth-order valence-corrected chi connectivity index (χ4v) is 3.05. The summed E-state index contributed by atoms with van der Waals surface area (Å²) in [5.74, 6) is -1.68. The lowest BCUT2D eigenvalue weighted by Crippen LogP contribution is -2.28. The molecule has 0 unspecified atom stereocenters. The van der Waals surface area contributed by atoms with Crippen LogP contribution in [0.25, 0.3) is 0 Å². The molecule has 2 aromatic carbocycles. The maximum atomic E-state index is 12.4. The van der Waals surface area contributed by atoms with Gasteiger partial charge in [0, 0.05) is 19.5 Å². The molecule has 0 aromatic heterocycles. The largest absolute Gasteiger partial charge is 0.426 e. The van der Waals surface area contributed by atoms with Crippen molar-refractivity contribution >= 4 is 33.5 Å². The number of carbonyl (C=O) groups excluding carboxylic acids is 3. The number of carbonyl (C=O) groups is 3. The van der Waals surface area contributed by atoms with Gasteiger partial charge in [-0.05, 0) is 36.4 Å². The monoisotopic (exact) mass is 376 g/mol. The number of hydrogen-bond acceptors (Lipinski definition) is 6. The molecule has 136 valence electrons. The molecule has 0 spiro atoms. The average molecular weight is 376 g/mol. The highest BCUT2D eigenvalue weighted by atomic mass is 32.2. The van der Waals surface area contributed by atoms with Crippen LogP contribution in [0.3, 0.4) is 0 Å². The molecular formula is C17H16N2O6S. The third-order valence-corrected chi connectivity index (χ3v) is 4.53. The normalized spacial score (nSPS) is 10.7. The molecule has 8 nitrogen and oxygen atoms in total. The average Bonchev–Trinajstić information content (AvgIpc) is 2.54. The van der Waals surface area contributed by atoms with Crippen LogP contribution in [0.5, 0.6) is 5.75 Å². The summed E-state index contributed by atoms with van der Waals surface area (Å²) in [7, 11) is -3.95. The number of para-hydroxylation sites is 1. The quantitative estimate of drug-likeness (QED) is 0.605. The fourth-order valence-electron chi connectivity index (χ4n) is 2.06. The smallest absolute Gasteiger partial charge is 0.308 e. The van der Waals surface area contributed by atoms with Gasteiger partial charge < -0.3 is 10.1 Å². The second-order valence-electron chi connectivity index (χ2n) is 5.23. The van der Waals surface area contributed by atoms with Crippen LogP contribution >= 0.6 is 0 Å². The molecule has 2 rings (SSSR count). The molecule has 0 aliphatic carbocycles. The molecule has 0 bridgehead atoms. The number of nitrogens with one attached hydrogen (secondary N) is 2. The van der Waals surface area contributed by atoms with E-state index in [0.29, 0.717) is 5.69 Å². The number of rotatable bonds is 5. The van der Waals surface area contributed by atoms with E-state index in [4.69, 9.17) is 4.74 Å². The highest BCUT2D eigenvalue weighted by molar-refractivity contribution is 7.90. The van der Waals surface area contributed by atoms with E-state index in [-0.39, 0.29) is 16.2 Å². The van der Waals surface area contributed by atoms with Gasteiger partial charge in [0.25, 0.3) is 15.9 Å². The Labute approximate surface area is 150 Å². The first-order valence-electron chi connectivity index (χ1n) is 7.41. The summed E-state index contributed by atoms with van der Waals surface area (Å²) in [6.07, 6.45) is 0. The highest BCUT2D eigenvalue weighted by Crippen LogP contribution is 2.21. The van der Waals surface area contributed by atoms with Crippen LogP contribution in [0.1, 0.15) is 24.2 Å². The predicted molar refractivity (Wildman–Crippen MR) is 93.1 cm³/mol. The van der Waals surface area contributed by atoms with Crippen molar-refractivity contribution in [2.75, 3.05) is 5.32 Å². The zero-order chi connectivity index (χ0) is 19.3. The molecule has 0 aliphatic heterocycles. The predicted octanol–water partition coefficient (Wildman–Crippen LogP) is 1.69. The topological polar surface area (TPSA) is 119 Å². The van der Waals surface area contributed by atoms with Crippen LogP contribution in [-0.2, 0) is 19.6 Å². The lowest BCUT2D eigenvalue weighted by atomic mass is 10.2. The third-order valence-electron chi connectivity index (χ3n) is 3.09. The minimum absolute atomic E-state index is 0.113. The molecule has 0 atom stereocenters. The maximum absolute atomic E-state index is 12.4. The van der Waals surface area contributed by atoms with E-state index in [1.165, 1.54) is 43.3 Å². The van der Waals surface area contributed by atoms with Crippen molar-refractivity contribution < 1.29 is 27.5 Å². The Balaban J connectivity index is 2.18. The van der Waals surface area contributed by atoms with Crippen LogP contribution in [0.15, 0.2) is 53.4 Å². The SMILES string of the molecule is CC(=O)NS(=O)(=O)c1ccc(NC(=O)c2ccccc2OC(C)=O)cc1. The van der Waals surface area contributed by atoms with E-state index >= 15 is 0 Å². The van der Waals surface area contributed by atoms with E-state index in [1.54, 1.807) is 12.1 Å². The molecule has 0 saturated heterocycles. The Morgan fingerprint density at radius 1 is 0.923 bits per heavy atom. The van der Waals surface area contributed by atoms with Crippen molar-refractivity contribution in [2.45, 2.75) is 18.7 Å². The van der Waals surface area contributed by atoms with Crippen molar-refractivity contribution in [3.8, 4) is 5.75 Å². The molecule has 0 fully saturated rings.